The molecule has 2 aliphatic heterocycles. The van der Waals surface area contributed by atoms with Crippen LogP contribution in [0.2, 0.25) is 0 Å². The van der Waals surface area contributed by atoms with Gasteiger partial charge in [0.25, 0.3) is 0 Å². The van der Waals surface area contributed by atoms with E-state index in [-0.39, 0.29) is 0 Å². The second kappa shape index (κ2) is 8.49. The highest BCUT2D eigenvalue weighted by molar-refractivity contribution is 6.42. The van der Waals surface area contributed by atoms with Crippen molar-refractivity contribution in [3.8, 4) is 0 Å². The predicted octanol–water partition coefficient (Wildman–Crippen LogP) is 6.91. The number of anilines is 2. The summed E-state index contributed by atoms with van der Waals surface area (Å²) < 4.78 is 0. The van der Waals surface area contributed by atoms with Crippen molar-refractivity contribution in [3.05, 3.63) is 105 Å². The Kier molecular flexibility index (Phi) is 5.92. The van der Waals surface area contributed by atoms with E-state index in [1.807, 2.05) is 12.3 Å². The lowest BCUT2D eigenvalue weighted by Gasteiger charge is -2.30. The van der Waals surface area contributed by atoms with Gasteiger partial charge < -0.3 is 15.1 Å². The van der Waals surface area contributed by atoms with Crippen molar-refractivity contribution >= 4 is 34.6 Å². The summed E-state index contributed by atoms with van der Waals surface area (Å²) in [7, 11) is 0. The number of dihydropyridines is 1. The fraction of sp³-hybridized carbons (Fsp3) is 0.231. The summed E-state index contributed by atoms with van der Waals surface area (Å²) in [5.41, 5.74) is 9.66. The number of benzene rings is 2. The molecule has 0 fully saturated rings. The van der Waals surface area contributed by atoms with Gasteiger partial charge in [0.05, 0.1) is 28.0 Å². The molecule has 0 unspecified atom stereocenters. The van der Waals surface area contributed by atoms with Crippen molar-refractivity contribution in [2.75, 3.05) is 16.3 Å². The largest absolute Gasteiger partial charge is 0.357 e. The minimum Gasteiger partial charge on any atom is -0.357 e. The van der Waals surface area contributed by atoms with E-state index in [4.69, 9.17) is 23.2 Å². The Labute approximate surface area is 195 Å². The highest BCUT2D eigenvalue weighted by atomic mass is 35.5. The van der Waals surface area contributed by atoms with E-state index in [0.717, 1.165) is 29.4 Å². The zero-order valence-electron chi connectivity index (χ0n) is 18.4. The zero-order chi connectivity index (χ0) is 22.3. The van der Waals surface area contributed by atoms with Gasteiger partial charge in [-0.25, -0.2) is 0 Å². The highest BCUT2D eigenvalue weighted by Gasteiger charge is 2.35. The van der Waals surface area contributed by atoms with Crippen molar-refractivity contribution in [2.45, 2.75) is 34.2 Å². The van der Waals surface area contributed by atoms with E-state index in [9.17, 15) is 0 Å². The summed E-state index contributed by atoms with van der Waals surface area (Å²) in [5, 5.41) is 4.38. The number of hydrogen-bond donors (Lipinski definition) is 1. The monoisotopic (exact) mass is 451 g/mol. The Balaban J connectivity index is 1.95. The maximum atomic E-state index is 6.70. The molecular weight excluding hydrogens is 425 g/mol. The van der Waals surface area contributed by atoms with Gasteiger partial charge in [0.15, 0.2) is 0 Å². The molecular formula is C26H27Cl2N3. The summed E-state index contributed by atoms with van der Waals surface area (Å²) in [6, 6.07) is 10.7. The predicted molar refractivity (Wildman–Crippen MR) is 134 cm³/mol. The van der Waals surface area contributed by atoms with E-state index in [1.54, 1.807) is 6.08 Å². The number of rotatable bonds is 4. The molecule has 4 rings (SSSR count). The lowest BCUT2D eigenvalue weighted by molar-refractivity contribution is 0.844. The molecule has 2 aromatic rings. The van der Waals surface area contributed by atoms with Gasteiger partial charge in [-0.15, -0.1) is 6.58 Å². The summed E-state index contributed by atoms with van der Waals surface area (Å²) in [6.45, 7) is 14.1. The van der Waals surface area contributed by atoms with Crippen LogP contribution in [-0.4, -0.2) is 6.54 Å². The van der Waals surface area contributed by atoms with Crippen molar-refractivity contribution < 1.29 is 0 Å². The summed E-state index contributed by atoms with van der Waals surface area (Å²) in [4.78, 5) is 4.57. The van der Waals surface area contributed by atoms with Crippen molar-refractivity contribution in [2.24, 2.45) is 0 Å². The van der Waals surface area contributed by atoms with Crippen LogP contribution in [0.4, 0.5) is 11.4 Å². The maximum absolute atomic E-state index is 6.70. The van der Waals surface area contributed by atoms with Gasteiger partial charge in [-0.2, -0.15) is 0 Å². The molecule has 0 bridgehead atoms. The van der Waals surface area contributed by atoms with Gasteiger partial charge in [0, 0.05) is 12.7 Å². The summed E-state index contributed by atoms with van der Waals surface area (Å²) in [6.07, 6.45) is 5.51. The SMILES string of the molecule is C=CCN1C(=C2NC=CC(Cl)=C2Cl)N(Cc2c(C)c(C)cc(C)c2C)c2ccccc21. The first-order valence-corrected chi connectivity index (χ1v) is 11.1. The smallest absolute Gasteiger partial charge is 0.140 e. The van der Waals surface area contributed by atoms with E-state index >= 15 is 0 Å². The van der Waals surface area contributed by atoms with Crippen molar-refractivity contribution in [1.82, 2.24) is 5.32 Å². The second-order valence-corrected chi connectivity index (χ2v) is 8.84. The Morgan fingerprint density at radius 2 is 1.58 bits per heavy atom. The molecule has 3 nitrogen and oxygen atoms in total. The van der Waals surface area contributed by atoms with E-state index < -0.39 is 0 Å². The van der Waals surface area contributed by atoms with Crippen LogP contribution in [0.5, 0.6) is 0 Å². The van der Waals surface area contributed by atoms with Crippen molar-refractivity contribution in [1.29, 1.82) is 0 Å². The summed E-state index contributed by atoms with van der Waals surface area (Å²) >= 11 is 13.1. The Bertz CT molecular complexity index is 1130. The van der Waals surface area contributed by atoms with Crippen LogP contribution in [0.3, 0.4) is 0 Å². The Hall–Kier alpha value is -2.62. The molecule has 31 heavy (non-hydrogen) atoms. The Morgan fingerprint density at radius 1 is 0.968 bits per heavy atom. The zero-order valence-corrected chi connectivity index (χ0v) is 19.9. The van der Waals surface area contributed by atoms with E-state index in [1.165, 1.54) is 27.8 Å². The molecule has 0 amide bonds. The van der Waals surface area contributed by atoms with Gasteiger partial charge >= 0.3 is 0 Å². The first kappa shape index (κ1) is 21.6. The first-order chi connectivity index (χ1) is 14.8. The van der Waals surface area contributed by atoms with Crippen LogP contribution in [0.25, 0.3) is 0 Å². The molecule has 0 atom stereocenters. The molecule has 0 saturated carbocycles. The standard InChI is InChI=1S/C26H27Cl2N3/c1-6-13-30-22-9-7-8-10-23(22)31(26(30)25-24(28)21(27)11-12-29-25)15-20-18(4)16(2)14-17(3)19(20)5/h6-12,14,29H,1,13,15H2,2-5H3. The molecule has 2 aromatic carbocycles. The average molecular weight is 452 g/mol. The minimum atomic E-state index is 0.514. The number of allylic oxidation sites excluding steroid dienone is 3. The van der Waals surface area contributed by atoms with Gasteiger partial charge in [0.1, 0.15) is 11.5 Å². The maximum Gasteiger partial charge on any atom is 0.140 e. The fourth-order valence-corrected chi connectivity index (χ4v) is 4.71. The number of hydrogen-bond acceptors (Lipinski definition) is 3. The second-order valence-electron chi connectivity index (χ2n) is 8.05. The van der Waals surface area contributed by atoms with Crippen LogP contribution in [0.1, 0.15) is 27.8 Å². The van der Waals surface area contributed by atoms with Gasteiger partial charge in [-0.05, 0) is 73.7 Å². The first-order valence-electron chi connectivity index (χ1n) is 10.4. The third kappa shape index (κ3) is 3.66. The molecule has 0 saturated heterocycles. The molecule has 1 N–H and O–H groups in total. The van der Waals surface area contributed by atoms with Crippen molar-refractivity contribution in [3.63, 3.8) is 0 Å². The molecule has 0 aromatic heterocycles. The van der Waals surface area contributed by atoms with E-state index in [0.29, 0.717) is 16.6 Å². The number of fused-ring (bicyclic) bond motifs is 1. The van der Waals surface area contributed by atoms with Crippen LogP contribution in [-0.2, 0) is 6.54 Å². The van der Waals surface area contributed by atoms with E-state index in [2.05, 4.69) is 79.7 Å². The summed E-state index contributed by atoms with van der Waals surface area (Å²) in [5.74, 6) is 0.978. The molecule has 0 aliphatic carbocycles. The lowest BCUT2D eigenvalue weighted by Crippen LogP contribution is -2.33. The van der Waals surface area contributed by atoms with Crippen LogP contribution in [0.15, 0.2) is 76.8 Å². The quantitative estimate of drug-likeness (QED) is 0.509. The minimum absolute atomic E-state index is 0.514. The Morgan fingerprint density at radius 3 is 2.19 bits per heavy atom. The topological polar surface area (TPSA) is 18.5 Å². The van der Waals surface area contributed by atoms with Gasteiger partial charge in [-0.1, -0.05) is 47.5 Å². The van der Waals surface area contributed by atoms with Crippen LogP contribution >= 0.6 is 23.2 Å². The third-order valence-electron chi connectivity index (χ3n) is 6.23. The lowest BCUT2D eigenvalue weighted by atomic mass is 9.94. The molecule has 5 heteroatoms. The van der Waals surface area contributed by atoms with Crippen LogP contribution in [0, 0.1) is 27.7 Å². The molecule has 0 radical (unpaired) electrons. The normalized spacial score (nSPS) is 17.9. The number of nitrogens with one attached hydrogen (secondary N) is 1. The number of nitrogens with zero attached hydrogens (tertiary/aromatic N) is 2. The highest BCUT2D eigenvalue weighted by Crippen LogP contribution is 2.45. The van der Waals surface area contributed by atoms with Gasteiger partial charge in [0.2, 0.25) is 0 Å². The molecule has 0 spiro atoms. The fourth-order valence-electron chi connectivity index (χ4n) is 4.35. The number of halogens is 2. The third-order valence-corrected chi connectivity index (χ3v) is 7.04. The average Bonchev–Trinajstić information content (AvgIpc) is 3.05. The van der Waals surface area contributed by atoms with Crippen LogP contribution < -0.4 is 15.1 Å². The molecule has 2 heterocycles. The number of para-hydroxylation sites is 2. The van der Waals surface area contributed by atoms with Gasteiger partial charge in [-0.3, -0.25) is 0 Å². The number of aryl methyl sites for hydroxylation is 2. The molecule has 160 valence electrons. The molecule has 2 aliphatic rings.